The first kappa shape index (κ1) is 13.7. The number of aromatic nitrogens is 2. The third-order valence-corrected chi connectivity index (χ3v) is 2.59. The average Bonchev–Trinajstić information content (AvgIpc) is 2.76. The molecule has 1 rings (SSSR count). The highest BCUT2D eigenvalue weighted by Gasteiger charge is 2.04. The van der Waals surface area contributed by atoms with Crippen molar-refractivity contribution < 1.29 is 4.79 Å². The number of aryl methyl sites for hydroxylation is 1. The second-order valence-corrected chi connectivity index (χ2v) is 4.06. The number of rotatable bonds is 8. The van der Waals surface area contributed by atoms with Crippen LogP contribution in [0.1, 0.15) is 39.0 Å². The number of nitrogens with zero attached hydrogens (tertiary/aromatic N) is 2. The van der Waals surface area contributed by atoms with E-state index in [4.69, 9.17) is 5.73 Å². The number of carbonyl (C=O) groups is 1. The van der Waals surface area contributed by atoms with Crippen molar-refractivity contribution >= 4 is 11.7 Å². The number of amides is 1. The van der Waals surface area contributed by atoms with E-state index in [1.165, 1.54) is 0 Å². The second-order valence-electron chi connectivity index (χ2n) is 4.06. The molecule has 0 atom stereocenters. The van der Waals surface area contributed by atoms with Crippen LogP contribution in [0.15, 0.2) is 12.3 Å². The zero-order valence-corrected chi connectivity index (χ0v) is 10.5. The van der Waals surface area contributed by atoms with Crippen LogP contribution in [0.3, 0.4) is 0 Å². The van der Waals surface area contributed by atoms with Gasteiger partial charge in [-0.05, 0) is 26.3 Å². The van der Waals surface area contributed by atoms with Crippen molar-refractivity contribution in [2.45, 2.75) is 45.6 Å². The summed E-state index contributed by atoms with van der Waals surface area (Å²) in [5.41, 5.74) is 5.40. The molecule has 0 radical (unpaired) electrons. The van der Waals surface area contributed by atoms with Crippen LogP contribution in [0.5, 0.6) is 0 Å². The molecule has 1 aromatic rings. The monoisotopic (exact) mass is 238 g/mol. The maximum atomic E-state index is 11.6. The molecule has 0 aliphatic heterocycles. The Morgan fingerprint density at radius 2 is 2.18 bits per heavy atom. The Morgan fingerprint density at radius 3 is 2.82 bits per heavy atom. The predicted octanol–water partition coefficient (Wildman–Crippen LogP) is 1.75. The van der Waals surface area contributed by atoms with E-state index >= 15 is 0 Å². The number of hydrogen-bond acceptors (Lipinski definition) is 3. The minimum Gasteiger partial charge on any atom is -0.330 e. The first-order chi connectivity index (χ1) is 8.26. The maximum absolute atomic E-state index is 11.6. The lowest BCUT2D eigenvalue weighted by atomic mass is 10.1. The van der Waals surface area contributed by atoms with Crippen LogP contribution >= 0.6 is 0 Å². The molecule has 1 aromatic heterocycles. The second kappa shape index (κ2) is 7.84. The van der Waals surface area contributed by atoms with Gasteiger partial charge in [-0.25, -0.2) is 0 Å². The van der Waals surface area contributed by atoms with Crippen LogP contribution in [-0.2, 0) is 11.3 Å². The van der Waals surface area contributed by atoms with E-state index < -0.39 is 0 Å². The highest BCUT2D eigenvalue weighted by atomic mass is 16.1. The van der Waals surface area contributed by atoms with Gasteiger partial charge in [-0.3, -0.25) is 9.48 Å². The van der Waals surface area contributed by atoms with Crippen molar-refractivity contribution in [3.05, 3.63) is 12.3 Å². The third-order valence-electron chi connectivity index (χ3n) is 2.59. The summed E-state index contributed by atoms with van der Waals surface area (Å²) in [5.74, 6) is 0.679. The van der Waals surface area contributed by atoms with Gasteiger partial charge in [-0.15, -0.1) is 0 Å². The minimum atomic E-state index is 0.0408. The normalized spacial score (nSPS) is 10.5. The van der Waals surface area contributed by atoms with Gasteiger partial charge in [0.2, 0.25) is 5.91 Å². The van der Waals surface area contributed by atoms with E-state index in [1.54, 1.807) is 4.68 Å². The van der Waals surface area contributed by atoms with Crippen molar-refractivity contribution in [2.24, 2.45) is 5.73 Å². The highest BCUT2D eigenvalue weighted by Crippen LogP contribution is 2.06. The smallest absolute Gasteiger partial charge is 0.225 e. The lowest BCUT2D eigenvalue weighted by Gasteiger charge is -2.02. The molecule has 0 bridgehead atoms. The van der Waals surface area contributed by atoms with Crippen LogP contribution in [0, 0.1) is 0 Å². The fourth-order valence-corrected chi connectivity index (χ4v) is 1.59. The molecule has 5 heteroatoms. The van der Waals surface area contributed by atoms with E-state index in [1.807, 2.05) is 19.2 Å². The molecular formula is C12H22N4O. The molecule has 1 heterocycles. The summed E-state index contributed by atoms with van der Waals surface area (Å²) >= 11 is 0. The number of anilines is 1. The molecule has 0 aliphatic rings. The van der Waals surface area contributed by atoms with Gasteiger partial charge in [-0.2, -0.15) is 5.10 Å². The Balaban J connectivity index is 2.16. The van der Waals surface area contributed by atoms with Crippen molar-refractivity contribution in [3.8, 4) is 0 Å². The van der Waals surface area contributed by atoms with E-state index in [-0.39, 0.29) is 5.91 Å². The number of nitrogens with one attached hydrogen (secondary N) is 1. The summed E-state index contributed by atoms with van der Waals surface area (Å²) in [5, 5.41) is 6.99. The third kappa shape index (κ3) is 5.49. The molecule has 0 unspecified atom stereocenters. The molecule has 0 aliphatic carbocycles. The fourth-order valence-electron chi connectivity index (χ4n) is 1.59. The van der Waals surface area contributed by atoms with E-state index in [0.717, 1.165) is 38.8 Å². The number of carbonyl (C=O) groups excluding carboxylic acids is 1. The Hall–Kier alpha value is -1.36. The SMILES string of the molecule is CCn1ccc(NC(=O)CCCCCCN)n1. The number of nitrogens with two attached hydrogens (primary N) is 1. The van der Waals surface area contributed by atoms with Gasteiger partial charge >= 0.3 is 0 Å². The summed E-state index contributed by atoms with van der Waals surface area (Å²) in [6, 6.07) is 1.82. The van der Waals surface area contributed by atoms with Crippen LogP contribution < -0.4 is 11.1 Å². The molecule has 17 heavy (non-hydrogen) atoms. The largest absolute Gasteiger partial charge is 0.330 e. The van der Waals surface area contributed by atoms with Gasteiger partial charge in [0.15, 0.2) is 5.82 Å². The van der Waals surface area contributed by atoms with Gasteiger partial charge in [-0.1, -0.05) is 12.8 Å². The molecule has 1 amide bonds. The highest BCUT2D eigenvalue weighted by molar-refractivity contribution is 5.89. The number of hydrogen-bond donors (Lipinski definition) is 2. The summed E-state index contributed by atoms with van der Waals surface area (Å²) in [6.45, 7) is 3.56. The molecule has 5 nitrogen and oxygen atoms in total. The van der Waals surface area contributed by atoms with E-state index in [0.29, 0.717) is 12.2 Å². The van der Waals surface area contributed by atoms with Crippen LogP contribution in [0.2, 0.25) is 0 Å². The molecule has 0 fully saturated rings. The average molecular weight is 238 g/mol. The van der Waals surface area contributed by atoms with Crippen LogP contribution in [0.25, 0.3) is 0 Å². The Bertz CT molecular complexity index is 335. The topological polar surface area (TPSA) is 72.9 Å². The molecular weight excluding hydrogens is 216 g/mol. The van der Waals surface area contributed by atoms with E-state index in [2.05, 4.69) is 10.4 Å². The zero-order chi connectivity index (χ0) is 12.5. The van der Waals surface area contributed by atoms with Gasteiger partial charge in [0.1, 0.15) is 0 Å². The molecule has 3 N–H and O–H groups in total. The first-order valence-corrected chi connectivity index (χ1v) is 6.29. The quantitative estimate of drug-likeness (QED) is 0.678. The lowest BCUT2D eigenvalue weighted by molar-refractivity contribution is -0.116. The van der Waals surface area contributed by atoms with Crippen LogP contribution in [-0.4, -0.2) is 22.2 Å². The Kier molecular flexibility index (Phi) is 6.32. The maximum Gasteiger partial charge on any atom is 0.225 e. The zero-order valence-electron chi connectivity index (χ0n) is 10.5. The van der Waals surface area contributed by atoms with Crippen molar-refractivity contribution in [1.82, 2.24) is 9.78 Å². The van der Waals surface area contributed by atoms with E-state index in [9.17, 15) is 4.79 Å². The van der Waals surface area contributed by atoms with Crippen molar-refractivity contribution in [3.63, 3.8) is 0 Å². The summed E-state index contributed by atoms with van der Waals surface area (Å²) in [6.07, 6.45) is 6.55. The Morgan fingerprint density at radius 1 is 1.41 bits per heavy atom. The summed E-state index contributed by atoms with van der Waals surface area (Å²) < 4.78 is 1.79. The lowest BCUT2D eigenvalue weighted by Crippen LogP contribution is -2.12. The Labute approximate surface area is 102 Å². The van der Waals surface area contributed by atoms with Crippen molar-refractivity contribution in [2.75, 3.05) is 11.9 Å². The van der Waals surface area contributed by atoms with Crippen molar-refractivity contribution in [1.29, 1.82) is 0 Å². The van der Waals surface area contributed by atoms with Gasteiger partial charge in [0.25, 0.3) is 0 Å². The van der Waals surface area contributed by atoms with Gasteiger partial charge < -0.3 is 11.1 Å². The van der Waals surface area contributed by atoms with Gasteiger partial charge in [0, 0.05) is 25.2 Å². The molecule has 0 aromatic carbocycles. The molecule has 0 saturated carbocycles. The van der Waals surface area contributed by atoms with Gasteiger partial charge in [0.05, 0.1) is 0 Å². The summed E-state index contributed by atoms with van der Waals surface area (Å²) in [7, 11) is 0. The molecule has 0 saturated heterocycles. The summed E-state index contributed by atoms with van der Waals surface area (Å²) in [4.78, 5) is 11.6. The molecule has 0 spiro atoms. The first-order valence-electron chi connectivity index (χ1n) is 6.29. The van der Waals surface area contributed by atoms with Crippen LogP contribution in [0.4, 0.5) is 5.82 Å². The molecule has 96 valence electrons. The standard InChI is InChI=1S/C12H22N4O/c1-2-16-10-8-11(15-16)14-12(17)7-5-3-4-6-9-13/h8,10H,2-7,9,13H2,1H3,(H,14,15,17). The fraction of sp³-hybridized carbons (Fsp3) is 0.667. The minimum absolute atomic E-state index is 0.0408. The number of unbranched alkanes of at least 4 members (excludes halogenated alkanes) is 3. The predicted molar refractivity (Wildman–Crippen MR) is 68.7 cm³/mol.